The Bertz CT molecular complexity index is 1140. The second-order valence-corrected chi connectivity index (χ2v) is 8.98. The topological polar surface area (TPSA) is 79.7 Å². The number of carbonyl (C=O) groups is 2. The molecule has 32 heavy (non-hydrogen) atoms. The van der Waals surface area contributed by atoms with E-state index in [9.17, 15) is 14.7 Å². The van der Waals surface area contributed by atoms with E-state index in [2.05, 4.69) is 18.8 Å². The first-order valence-corrected chi connectivity index (χ1v) is 11.3. The number of hydrogen-bond donors (Lipinski definition) is 1. The van der Waals surface area contributed by atoms with Crippen LogP contribution in [0.2, 0.25) is 0 Å². The first-order valence-electron chi connectivity index (χ1n) is 10.4. The van der Waals surface area contributed by atoms with Gasteiger partial charge < -0.3 is 14.7 Å². The van der Waals surface area contributed by atoms with Gasteiger partial charge in [-0.3, -0.25) is 14.6 Å². The van der Waals surface area contributed by atoms with E-state index in [0.717, 1.165) is 5.56 Å². The molecule has 7 heteroatoms. The summed E-state index contributed by atoms with van der Waals surface area (Å²) >= 11 is 1.28. The van der Waals surface area contributed by atoms with E-state index in [-0.39, 0.29) is 17.9 Å². The SMILES string of the molecule is CC(C)COc1cccc(C2C(C(=O)c3cccs3)=C(O)C(=O)N2Cc2ccncc2)c1. The number of aliphatic hydroxyl groups is 1. The van der Waals surface area contributed by atoms with Gasteiger partial charge in [0.15, 0.2) is 5.76 Å². The van der Waals surface area contributed by atoms with E-state index < -0.39 is 17.7 Å². The average molecular weight is 449 g/mol. The number of aromatic nitrogens is 1. The third kappa shape index (κ3) is 4.43. The van der Waals surface area contributed by atoms with Crippen LogP contribution in [-0.2, 0) is 11.3 Å². The lowest BCUT2D eigenvalue weighted by Gasteiger charge is -2.27. The second kappa shape index (κ2) is 9.36. The lowest BCUT2D eigenvalue weighted by molar-refractivity contribution is -0.130. The number of ether oxygens (including phenoxy) is 1. The van der Waals surface area contributed by atoms with Gasteiger partial charge in [-0.1, -0.05) is 32.0 Å². The van der Waals surface area contributed by atoms with Gasteiger partial charge in [0, 0.05) is 18.9 Å². The fourth-order valence-electron chi connectivity index (χ4n) is 3.66. The minimum absolute atomic E-state index is 0.0903. The van der Waals surface area contributed by atoms with Gasteiger partial charge in [-0.15, -0.1) is 11.3 Å². The third-order valence-corrected chi connectivity index (χ3v) is 6.02. The summed E-state index contributed by atoms with van der Waals surface area (Å²) in [6, 6.07) is 13.7. The van der Waals surface area contributed by atoms with Gasteiger partial charge in [-0.25, -0.2) is 0 Å². The highest BCUT2D eigenvalue weighted by molar-refractivity contribution is 7.12. The molecule has 4 rings (SSSR count). The second-order valence-electron chi connectivity index (χ2n) is 8.04. The number of Topliss-reactive ketones (excluding diaryl/α,β-unsaturated/α-hetero) is 1. The monoisotopic (exact) mass is 448 g/mol. The van der Waals surface area contributed by atoms with Gasteiger partial charge >= 0.3 is 0 Å². The first kappa shape index (κ1) is 21.8. The molecule has 6 nitrogen and oxygen atoms in total. The van der Waals surface area contributed by atoms with Gasteiger partial charge in [-0.05, 0) is 52.8 Å². The molecule has 0 saturated carbocycles. The molecule has 164 valence electrons. The van der Waals surface area contributed by atoms with Crippen molar-refractivity contribution in [2.45, 2.75) is 26.4 Å². The maximum Gasteiger partial charge on any atom is 0.290 e. The summed E-state index contributed by atoms with van der Waals surface area (Å²) in [5.74, 6) is -0.408. The molecule has 1 amide bonds. The number of pyridine rings is 1. The van der Waals surface area contributed by atoms with Crippen LogP contribution in [0.5, 0.6) is 5.75 Å². The van der Waals surface area contributed by atoms with Crippen LogP contribution in [0, 0.1) is 5.92 Å². The summed E-state index contributed by atoms with van der Waals surface area (Å²) in [5, 5.41) is 12.6. The van der Waals surface area contributed by atoms with Crippen molar-refractivity contribution >= 4 is 23.0 Å². The number of benzene rings is 1. The molecule has 0 aliphatic carbocycles. The van der Waals surface area contributed by atoms with Crippen molar-refractivity contribution in [2.24, 2.45) is 5.92 Å². The van der Waals surface area contributed by atoms with E-state index in [1.807, 2.05) is 36.4 Å². The van der Waals surface area contributed by atoms with Crippen LogP contribution in [0.3, 0.4) is 0 Å². The van der Waals surface area contributed by atoms with Crippen LogP contribution >= 0.6 is 11.3 Å². The zero-order valence-electron chi connectivity index (χ0n) is 17.9. The number of thiophene rings is 1. The smallest absolute Gasteiger partial charge is 0.290 e. The van der Waals surface area contributed by atoms with Crippen LogP contribution < -0.4 is 4.74 Å². The minimum atomic E-state index is -0.729. The minimum Gasteiger partial charge on any atom is -0.503 e. The fraction of sp³-hybridized carbons (Fsp3) is 0.240. The third-order valence-electron chi connectivity index (χ3n) is 5.15. The van der Waals surface area contributed by atoms with Crippen molar-refractivity contribution in [1.29, 1.82) is 0 Å². The highest BCUT2D eigenvalue weighted by Crippen LogP contribution is 2.41. The zero-order valence-corrected chi connectivity index (χ0v) is 18.7. The maximum absolute atomic E-state index is 13.3. The quantitative estimate of drug-likeness (QED) is 0.493. The number of nitrogens with zero attached hydrogens (tertiary/aromatic N) is 2. The van der Waals surface area contributed by atoms with Gasteiger partial charge in [0.05, 0.1) is 23.1 Å². The molecule has 2 aromatic heterocycles. The molecule has 3 heterocycles. The van der Waals surface area contributed by atoms with E-state index in [1.165, 1.54) is 16.2 Å². The number of aliphatic hydroxyl groups excluding tert-OH is 1. The molecule has 3 aromatic rings. The van der Waals surface area contributed by atoms with Crippen LogP contribution in [0.25, 0.3) is 0 Å². The molecule has 1 aliphatic heterocycles. The highest BCUT2D eigenvalue weighted by atomic mass is 32.1. The molecule has 1 aliphatic rings. The van der Waals surface area contributed by atoms with Crippen molar-refractivity contribution in [1.82, 2.24) is 9.88 Å². The zero-order chi connectivity index (χ0) is 22.7. The lowest BCUT2D eigenvalue weighted by Crippen LogP contribution is -2.30. The molecule has 1 unspecified atom stereocenters. The van der Waals surface area contributed by atoms with Crippen molar-refractivity contribution < 1.29 is 19.4 Å². The van der Waals surface area contributed by atoms with Crippen LogP contribution in [0.15, 0.2) is 77.6 Å². The number of amides is 1. The molecule has 0 radical (unpaired) electrons. The Hall–Kier alpha value is -3.45. The summed E-state index contributed by atoms with van der Waals surface area (Å²) in [5.41, 5.74) is 1.65. The molecule has 0 spiro atoms. The van der Waals surface area contributed by atoms with Crippen LogP contribution in [0.1, 0.15) is 40.7 Å². The van der Waals surface area contributed by atoms with Crippen molar-refractivity contribution in [3.63, 3.8) is 0 Å². The van der Waals surface area contributed by atoms with Gasteiger partial charge in [0.2, 0.25) is 5.78 Å². The van der Waals surface area contributed by atoms with Crippen molar-refractivity contribution in [3.8, 4) is 5.75 Å². The number of rotatable bonds is 8. The Kier molecular flexibility index (Phi) is 6.37. The fourth-order valence-corrected chi connectivity index (χ4v) is 4.34. The molecule has 1 atom stereocenters. The van der Waals surface area contributed by atoms with Crippen LogP contribution in [-0.4, -0.2) is 33.3 Å². The molecule has 0 bridgehead atoms. The molecular weight excluding hydrogens is 424 g/mol. The standard InChI is InChI=1S/C25H24N2O4S/c1-16(2)15-31-19-6-3-5-18(13-19)22-21(23(28)20-7-4-12-32-20)24(29)25(30)27(22)14-17-8-10-26-11-9-17/h3-13,16,22,29H,14-15H2,1-2H3. The van der Waals surface area contributed by atoms with Gasteiger partial charge in [-0.2, -0.15) is 0 Å². The highest BCUT2D eigenvalue weighted by Gasteiger charge is 2.44. The molecule has 0 fully saturated rings. The van der Waals surface area contributed by atoms with Gasteiger partial charge in [0.1, 0.15) is 5.75 Å². The van der Waals surface area contributed by atoms with Crippen molar-refractivity contribution in [3.05, 3.63) is 93.6 Å². The van der Waals surface area contributed by atoms with E-state index in [0.29, 0.717) is 28.7 Å². The molecule has 0 saturated heterocycles. The number of carbonyl (C=O) groups excluding carboxylic acids is 2. The predicted octanol–water partition coefficient (Wildman–Crippen LogP) is 4.96. The Morgan fingerprint density at radius 3 is 2.66 bits per heavy atom. The van der Waals surface area contributed by atoms with E-state index >= 15 is 0 Å². The normalized spacial score (nSPS) is 16.2. The van der Waals surface area contributed by atoms with E-state index in [1.54, 1.807) is 29.9 Å². The number of hydrogen-bond acceptors (Lipinski definition) is 6. The Morgan fingerprint density at radius 1 is 1.19 bits per heavy atom. The van der Waals surface area contributed by atoms with Gasteiger partial charge in [0.25, 0.3) is 5.91 Å². The Morgan fingerprint density at radius 2 is 1.97 bits per heavy atom. The number of ketones is 1. The lowest BCUT2D eigenvalue weighted by atomic mass is 9.95. The first-order chi connectivity index (χ1) is 15.5. The Balaban J connectivity index is 1.76. The molecular formula is C25H24N2O4S. The summed E-state index contributed by atoms with van der Waals surface area (Å²) < 4.78 is 5.87. The summed E-state index contributed by atoms with van der Waals surface area (Å²) in [4.78, 5) is 32.4. The Labute approximate surface area is 190 Å². The predicted molar refractivity (Wildman–Crippen MR) is 123 cm³/mol. The van der Waals surface area contributed by atoms with Crippen molar-refractivity contribution in [2.75, 3.05) is 6.61 Å². The summed E-state index contributed by atoms with van der Waals surface area (Å²) in [7, 11) is 0. The molecule has 1 aromatic carbocycles. The van der Waals surface area contributed by atoms with Crippen LogP contribution in [0.4, 0.5) is 0 Å². The maximum atomic E-state index is 13.3. The summed E-state index contributed by atoms with van der Waals surface area (Å²) in [6.45, 7) is 4.91. The average Bonchev–Trinajstić information content (AvgIpc) is 3.42. The summed E-state index contributed by atoms with van der Waals surface area (Å²) in [6.07, 6.45) is 3.30. The molecule has 1 N–H and O–H groups in total. The van der Waals surface area contributed by atoms with E-state index in [4.69, 9.17) is 4.74 Å². The largest absolute Gasteiger partial charge is 0.503 e.